The maximum Gasteiger partial charge on any atom is 0.271 e. The summed E-state index contributed by atoms with van der Waals surface area (Å²) in [5, 5.41) is 4.01. The minimum absolute atomic E-state index is 0.245. The number of halogens is 1. The molecule has 6 nitrogen and oxygen atoms in total. The molecule has 0 radical (unpaired) electrons. The molecule has 0 spiro atoms. The lowest BCUT2D eigenvalue weighted by atomic mass is 10.2. The summed E-state index contributed by atoms with van der Waals surface area (Å²) in [6, 6.07) is 18.4. The van der Waals surface area contributed by atoms with Crippen LogP contribution in [0.3, 0.4) is 0 Å². The van der Waals surface area contributed by atoms with Gasteiger partial charge in [-0.25, -0.2) is 9.82 Å². The highest BCUT2D eigenvalue weighted by atomic mass is 19.1. The van der Waals surface area contributed by atoms with Gasteiger partial charge in [-0.05, 0) is 60.0 Å². The van der Waals surface area contributed by atoms with Crippen molar-refractivity contribution < 1.29 is 23.4 Å². The zero-order chi connectivity index (χ0) is 22.8. The van der Waals surface area contributed by atoms with Crippen LogP contribution in [0.4, 0.5) is 4.39 Å². The van der Waals surface area contributed by atoms with Crippen LogP contribution in [0.15, 0.2) is 71.8 Å². The number of benzene rings is 3. The summed E-state index contributed by atoms with van der Waals surface area (Å²) in [4.78, 5) is 12.4. The highest BCUT2D eigenvalue weighted by Crippen LogP contribution is 2.28. The van der Waals surface area contributed by atoms with Crippen LogP contribution in [0.1, 0.15) is 34.8 Å². The Labute approximate surface area is 186 Å². The zero-order valence-electron chi connectivity index (χ0n) is 18.0. The number of nitrogens with one attached hydrogen (secondary N) is 1. The van der Waals surface area contributed by atoms with Crippen molar-refractivity contribution in [1.29, 1.82) is 0 Å². The molecule has 1 amide bonds. The van der Waals surface area contributed by atoms with Gasteiger partial charge < -0.3 is 14.2 Å². The Bertz CT molecular complexity index is 1090. The van der Waals surface area contributed by atoms with Gasteiger partial charge in [0.15, 0.2) is 11.5 Å². The molecule has 0 saturated heterocycles. The van der Waals surface area contributed by atoms with Gasteiger partial charge in [0.05, 0.1) is 19.9 Å². The zero-order valence-corrected chi connectivity index (χ0v) is 18.0. The molecular weight excluding hydrogens is 411 g/mol. The van der Waals surface area contributed by atoms with Gasteiger partial charge >= 0.3 is 0 Å². The van der Waals surface area contributed by atoms with Gasteiger partial charge in [-0.15, -0.1) is 0 Å². The number of amides is 1. The lowest BCUT2D eigenvalue weighted by Crippen LogP contribution is -2.17. The third kappa shape index (κ3) is 6.57. The molecule has 1 N–H and O–H groups in total. The molecule has 0 aromatic heterocycles. The first-order valence-electron chi connectivity index (χ1n) is 10.2. The molecule has 0 atom stereocenters. The van der Waals surface area contributed by atoms with E-state index in [0.717, 1.165) is 17.5 Å². The van der Waals surface area contributed by atoms with E-state index in [0.29, 0.717) is 29.4 Å². The van der Waals surface area contributed by atoms with Crippen LogP contribution in [0, 0.1) is 5.82 Å². The molecule has 0 aliphatic heterocycles. The molecule has 7 heteroatoms. The molecule has 3 rings (SSSR count). The van der Waals surface area contributed by atoms with Crippen LogP contribution in [-0.2, 0) is 6.61 Å². The fourth-order valence-electron chi connectivity index (χ4n) is 2.85. The van der Waals surface area contributed by atoms with Crippen LogP contribution in [0.25, 0.3) is 0 Å². The van der Waals surface area contributed by atoms with E-state index in [1.807, 2.05) is 19.1 Å². The first-order chi connectivity index (χ1) is 15.6. The molecule has 0 fully saturated rings. The second-order valence-electron chi connectivity index (χ2n) is 6.90. The molecule has 32 heavy (non-hydrogen) atoms. The van der Waals surface area contributed by atoms with Gasteiger partial charge in [0, 0.05) is 5.56 Å². The normalized spacial score (nSPS) is 10.7. The lowest BCUT2D eigenvalue weighted by molar-refractivity contribution is 0.0954. The Balaban J connectivity index is 1.58. The molecular formula is C25H25FN2O4. The van der Waals surface area contributed by atoms with Crippen molar-refractivity contribution in [1.82, 2.24) is 5.43 Å². The van der Waals surface area contributed by atoms with E-state index >= 15 is 0 Å². The first kappa shape index (κ1) is 22.8. The van der Waals surface area contributed by atoms with Gasteiger partial charge in [0.1, 0.15) is 18.2 Å². The van der Waals surface area contributed by atoms with Crippen molar-refractivity contribution in [3.05, 3.63) is 89.2 Å². The molecule has 0 bridgehead atoms. The van der Waals surface area contributed by atoms with E-state index in [9.17, 15) is 9.18 Å². The SMILES string of the molecule is CCCOc1ccc(C(=O)N/N=C/c2cccc(OCc3cccc(F)c3)c2)cc1OC. The van der Waals surface area contributed by atoms with Gasteiger partial charge in [0.2, 0.25) is 0 Å². The Kier molecular flexibility index (Phi) is 8.20. The van der Waals surface area contributed by atoms with Gasteiger partial charge in [-0.1, -0.05) is 31.2 Å². The standard InChI is InChI=1S/C25H25FN2O4/c1-3-12-31-23-11-10-20(15-24(23)30-2)25(29)28-27-16-18-6-5-9-22(14-18)32-17-19-7-4-8-21(26)13-19/h4-11,13-16H,3,12,17H2,1-2H3,(H,28,29)/b27-16+. The third-order valence-electron chi connectivity index (χ3n) is 4.42. The van der Waals surface area contributed by atoms with Crippen LogP contribution in [0.2, 0.25) is 0 Å². The second kappa shape index (κ2) is 11.5. The molecule has 0 unspecified atom stereocenters. The fourth-order valence-corrected chi connectivity index (χ4v) is 2.85. The Morgan fingerprint density at radius 2 is 1.88 bits per heavy atom. The van der Waals surface area contributed by atoms with E-state index in [2.05, 4.69) is 10.5 Å². The van der Waals surface area contributed by atoms with E-state index in [-0.39, 0.29) is 18.3 Å². The molecule has 166 valence electrons. The molecule has 0 saturated carbocycles. The predicted octanol–water partition coefficient (Wildman–Crippen LogP) is 4.97. The Morgan fingerprint density at radius 3 is 2.66 bits per heavy atom. The van der Waals surface area contributed by atoms with Crippen molar-refractivity contribution in [3.8, 4) is 17.2 Å². The monoisotopic (exact) mass is 436 g/mol. The maximum absolute atomic E-state index is 13.3. The minimum Gasteiger partial charge on any atom is -0.493 e. The van der Waals surface area contributed by atoms with Crippen molar-refractivity contribution in [2.45, 2.75) is 20.0 Å². The van der Waals surface area contributed by atoms with Crippen LogP contribution < -0.4 is 19.6 Å². The van der Waals surface area contributed by atoms with Gasteiger partial charge in [-0.3, -0.25) is 4.79 Å². The number of ether oxygens (including phenoxy) is 3. The largest absolute Gasteiger partial charge is 0.493 e. The Hall–Kier alpha value is -3.87. The molecule has 0 aliphatic carbocycles. The first-order valence-corrected chi connectivity index (χ1v) is 10.2. The van der Waals surface area contributed by atoms with Crippen molar-refractivity contribution in [2.75, 3.05) is 13.7 Å². The number of nitrogens with zero attached hydrogens (tertiary/aromatic N) is 1. The summed E-state index contributed by atoms with van der Waals surface area (Å²) in [6.07, 6.45) is 2.39. The average molecular weight is 436 g/mol. The highest BCUT2D eigenvalue weighted by molar-refractivity contribution is 5.95. The Morgan fingerprint density at radius 1 is 1.03 bits per heavy atom. The summed E-state index contributed by atoms with van der Waals surface area (Å²) in [5.74, 6) is 1.00. The maximum atomic E-state index is 13.3. The smallest absolute Gasteiger partial charge is 0.271 e. The summed E-state index contributed by atoms with van der Waals surface area (Å²) in [7, 11) is 1.53. The van der Waals surface area contributed by atoms with E-state index in [1.54, 1.807) is 42.5 Å². The quantitative estimate of drug-likeness (QED) is 0.360. The topological polar surface area (TPSA) is 69.2 Å². The summed E-state index contributed by atoms with van der Waals surface area (Å²) >= 11 is 0. The average Bonchev–Trinajstić information content (AvgIpc) is 2.81. The number of hydrogen-bond donors (Lipinski definition) is 1. The van der Waals surface area contributed by atoms with Crippen LogP contribution in [-0.4, -0.2) is 25.8 Å². The summed E-state index contributed by atoms with van der Waals surface area (Å²) in [5.41, 5.74) is 4.37. The lowest BCUT2D eigenvalue weighted by Gasteiger charge is -2.11. The number of hydrogen-bond acceptors (Lipinski definition) is 5. The second-order valence-corrected chi connectivity index (χ2v) is 6.90. The highest BCUT2D eigenvalue weighted by Gasteiger charge is 2.10. The van der Waals surface area contributed by atoms with Crippen LogP contribution in [0.5, 0.6) is 17.2 Å². The van der Waals surface area contributed by atoms with Crippen molar-refractivity contribution in [3.63, 3.8) is 0 Å². The molecule has 3 aromatic rings. The predicted molar refractivity (Wildman–Crippen MR) is 121 cm³/mol. The van der Waals surface area contributed by atoms with Crippen molar-refractivity contribution in [2.24, 2.45) is 5.10 Å². The number of carbonyl (C=O) groups is 1. The van der Waals surface area contributed by atoms with Gasteiger partial charge in [0.25, 0.3) is 5.91 Å². The molecule has 0 aliphatic rings. The number of rotatable bonds is 10. The summed E-state index contributed by atoms with van der Waals surface area (Å²) in [6.45, 7) is 2.82. The number of carbonyl (C=O) groups excluding carboxylic acids is 1. The van der Waals surface area contributed by atoms with Crippen LogP contribution >= 0.6 is 0 Å². The molecule has 3 aromatic carbocycles. The van der Waals surface area contributed by atoms with E-state index < -0.39 is 0 Å². The van der Waals surface area contributed by atoms with E-state index in [1.165, 1.54) is 25.5 Å². The number of hydrazone groups is 1. The minimum atomic E-state index is -0.375. The van der Waals surface area contributed by atoms with Gasteiger partial charge in [-0.2, -0.15) is 5.10 Å². The number of methoxy groups -OCH3 is 1. The third-order valence-corrected chi connectivity index (χ3v) is 4.42. The van der Waals surface area contributed by atoms with Crippen molar-refractivity contribution >= 4 is 12.1 Å². The van der Waals surface area contributed by atoms with E-state index in [4.69, 9.17) is 14.2 Å². The summed E-state index contributed by atoms with van der Waals surface area (Å²) < 4.78 is 29.9. The fraction of sp³-hybridized carbons (Fsp3) is 0.200. The molecule has 0 heterocycles.